The third kappa shape index (κ3) is 3.63. The maximum absolute atomic E-state index is 13.5. The second-order valence-corrected chi connectivity index (χ2v) is 3.38. The lowest BCUT2D eigenvalue weighted by Crippen LogP contribution is -2.12. The number of alkyl halides is 2. The van der Waals surface area contributed by atoms with Gasteiger partial charge in [-0.3, -0.25) is 14.9 Å². The quantitative estimate of drug-likeness (QED) is 0.357. The topological polar surface area (TPSA) is 82.3 Å². The largest absolute Gasteiger partial charge is 0.466 e. The van der Waals surface area contributed by atoms with Gasteiger partial charge >= 0.3 is 5.97 Å². The van der Waals surface area contributed by atoms with Crippen molar-refractivity contribution >= 4 is 11.7 Å². The molecule has 104 valence electrons. The number of carbonyl (C=O) groups excluding carboxylic acids is 1. The molecule has 0 aliphatic heterocycles. The first-order chi connectivity index (χ1) is 8.86. The van der Waals surface area contributed by atoms with Gasteiger partial charge in [0, 0.05) is 6.07 Å². The molecule has 1 aromatic heterocycles. The Bertz CT molecular complexity index is 508. The molecule has 1 aromatic rings. The lowest BCUT2D eigenvalue weighted by Gasteiger charge is -2.06. The minimum Gasteiger partial charge on any atom is -0.466 e. The van der Waals surface area contributed by atoms with Crippen LogP contribution in [0.5, 0.6) is 0 Å². The van der Waals surface area contributed by atoms with Crippen molar-refractivity contribution in [3.8, 4) is 0 Å². The summed E-state index contributed by atoms with van der Waals surface area (Å²) in [6.45, 7) is 1.51. The van der Waals surface area contributed by atoms with Crippen LogP contribution >= 0.6 is 0 Å². The SMILES string of the molecule is CCOC(=O)Cc1c([N+](=O)[O-])cc(C(F)F)nc1F. The smallest absolute Gasteiger partial charge is 0.310 e. The van der Waals surface area contributed by atoms with E-state index in [0.717, 1.165) is 0 Å². The molecule has 1 rings (SSSR count). The second-order valence-electron chi connectivity index (χ2n) is 3.38. The minimum atomic E-state index is -3.15. The fraction of sp³-hybridized carbons (Fsp3) is 0.400. The average molecular weight is 278 g/mol. The number of nitrogens with zero attached hydrogens (tertiary/aromatic N) is 2. The number of halogens is 3. The van der Waals surface area contributed by atoms with Crippen molar-refractivity contribution in [1.82, 2.24) is 4.98 Å². The Morgan fingerprint density at radius 3 is 2.68 bits per heavy atom. The summed E-state index contributed by atoms with van der Waals surface area (Å²) in [6, 6.07) is 0.447. The molecule has 0 N–H and O–H groups in total. The molecular weight excluding hydrogens is 269 g/mol. The molecule has 19 heavy (non-hydrogen) atoms. The van der Waals surface area contributed by atoms with Crippen LogP contribution in [-0.2, 0) is 16.0 Å². The molecule has 0 aliphatic rings. The first kappa shape index (κ1) is 14.9. The molecular formula is C10H9F3N2O4. The highest BCUT2D eigenvalue weighted by Gasteiger charge is 2.26. The van der Waals surface area contributed by atoms with Gasteiger partial charge in [0.25, 0.3) is 12.1 Å². The molecule has 0 aliphatic carbocycles. The number of esters is 1. The molecule has 1 heterocycles. The Balaban J connectivity index is 3.22. The molecule has 6 nitrogen and oxygen atoms in total. The predicted molar refractivity (Wildman–Crippen MR) is 56.1 cm³/mol. The van der Waals surface area contributed by atoms with E-state index in [-0.39, 0.29) is 6.61 Å². The van der Waals surface area contributed by atoms with Crippen LogP contribution in [0.3, 0.4) is 0 Å². The number of nitro groups is 1. The number of carbonyl (C=O) groups is 1. The van der Waals surface area contributed by atoms with Crippen molar-refractivity contribution in [3.63, 3.8) is 0 Å². The van der Waals surface area contributed by atoms with Crippen molar-refractivity contribution in [2.45, 2.75) is 19.8 Å². The Labute approximate surface area is 105 Å². The van der Waals surface area contributed by atoms with Gasteiger partial charge in [-0.25, -0.2) is 13.8 Å². The Morgan fingerprint density at radius 1 is 1.58 bits per heavy atom. The fourth-order valence-electron chi connectivity index (χ4n) is 1.34. The van der Waals surface area contributed by atoms with Gasteiger partial charge in [-0.2, -0.15) is 4.39 Å². The van der Waals surface area contributed by atoms with Gasteiger partial charge in [0.15, 0.2) is 0 Å². The summed E-state index contributed by atoms with van der Waals surface area (Å²) in [7, 11) is 0. The number of hydrogen-bond acceptors (Lipinski definition) is 5. The molecule has 0 radical (unpaired) electrons. The molecule has 0 saturated carbocycles. The standard InChI is InChI=1S/C10H9F3N2O4/c1-2-19-8(16)3-5-7(15(17)18)4-6(9(11)12)14-10(5)13/h4,9H,2-3H2,1H3. The van der Waals surface area contributed by atoms with Crippen molar-refractivity contribution < 1.29 is 27.6 Å². The van der Waals surface area contributed by atoms with Gasteiger partial charge in [-0.15, -0.1) is 0 Å². The van der Waals surface area contributed by atoms with E-state index < -0.39 is 46.6 Å². The first-order valence-electron chi connectivity index (χ1n) is 5.14. The third-order valence-electron chi connectivity index (χ3n) is 2.12. The van der Waals surface area contributed by atoms with Crippen LogP contribution in [0, 0.1) is 16.1 Å². The van der Waals surface area contributed by atoms with E-state index in [9.17, 15) is 28.1 Å². The van der Waals surface area contributed by atoms with E-state index in [0.29, 0.717) is 6.07 Å². The van der Waals surface area contributed by atoms with E-state index in [1.54, 1.807) is 0 Å². The summed E-state index contributed by atoms with van der Waals surface area (Å²) in [4.78, 5) is 23.7. The fourth-order valence-corrected chi connectivity index (χ4v) is 1.34. The zero-order valence-electron chi connectivity index (χ0n) is 9.73. The van der Waals surface area contributed by atoms with E-state index in [4.69, 9.17) is 0 Å². The number of hydrogen-bond donors (Lipinski definition) is 0. The predicted octanol–water partition coefficient (Wildman–Crippen LogP) is 2.17. The molecule has 0 bridgehead atoms. The zero-order valence-corrected chi connectivity index (χ0v) is 9.73. The molecule has 0 aromatic carbocycles. The van der Waals surface area contributed by atoms with Crippen LogP contribution in [0.4, 0.5) is 18.9 Å². The molecule has 0 spiro atoms. The van der Waals surface area contributed by atoms with Gasteiger partial charge in [-0.1, -0.05) is 0 Å². The summed E-state index contributed by atoms with van der Waals surface area (Å²) in [6.07, 6.45) is -3.89. The van der Waals surface area contributed by atoms with E-state index >= 15 is 0 Å². The third-order valence-corrected chi connectivity index (χ3v) is 2.12. The van der Waals surface area contributed by atoms with Gasteiger partial charge in [0.1, 0.15) is 5.69 Å². The summed E-state index contributed by atoms with van der Waals surface area (Å²) in [5, 5.41) is 10.7. The molecule has 0 atom stereocenters. The second kappa shape index (κ2) is 6.12. The Hall–Kier alpha value is -2.19. The average Bonchev–Trinajstić information content (AvgIpc) is 2.31. The molecule has 0 amide bonds. The minimum absolute atomic E-state index is 0.0107. The van der Waals surface area contributed by atoms with Crippen molar-refractivity contribution in [1.29, 1.82) is 0 Å². The van der Waals surface area contributed by atoms with Crippen LogP contribution in [0.15, 0.2) is 6.07 Å². The summed E-state index contributed by atoms with van der Waals surface area (Å²) in [5.74, 6) is -2.38. The summed E-state index contributed by atoms with van der Waals surface area (Å²) in [5.41, 5.74) is -2.65. The highest BCUT2D eigenvalue weighted by atomic mass is 19.3. The highest BCUT2D eigenvalue weighted by Crippen LogP contribution is 2.27. The van der Waals surface area contributed by atoms with Crippen LogP contribution in [0.1, 0.15) is 24.6 Å². The maximum atomic E-state index is 13.5. The molecule has 0 saturated heterocycles. The lowest BCUT2D eigenvalue weighted by molar-refractivity contribution is -0.385. The zero-order chi connectivity index (χ0) is 14.6. The number of aromatic nitrogens is 1. The summed E-state index contributed by atoms with van der Waals surface area (Å²) < 4.78 is 42.7. The highest BCUT2D eigenvalue weighted by molar-refractivity contribution is 5.74. The number of rotatable bonds is 5. The number of pyridine rings is 1. The first-order valence-corrected chi connectivity index (χ1v) is 5.14. The van der Waals surface area contributed by atoms with Gasteiger partial charge in [-0.05, 0) is 6.92 Å². The van der Waals surface area contributed by atoms with E-state index in [1.807, 2.05) is 0 Å². The monoisotopic (exact) mass is 278 g/mol. The Morgan fingerprint density at radius 2 is 2.21 bits per heavy atom. The van der Waals surface area contributed by atoms with Crippen molar-refractivity contribution in [2.75, 3.05) is 6.61 Å². The number of ether oxygens (including phenoxy) is 1. The van der Waals surface area contributed by atoms with Gasteiger partial charge < -0.3 is 4.74 Å². The van der Waals surface area contributed by atoms with Crippen LogP contribution in [-0.4, -0.2) is 22.5 Å². The summed E-state index contributed by atoms with van der Waals surface area (Å²) >= 11 is 0. The maximum Gasteiger partial charge on any atom is 0.310 e. The lowest BCUT2D eigenvalue weighted by atomic mass is 10.1. The molecule has 0 fully saturated rings. The van der Waals surface area contributed by atoms with Crippen molar-refractivity contribution in [2.24, 2.45) is 0 Å². The van der Waals surface area contributed by atoms with Gasteiger partial charge in [0.2, 0.25) is 5.95 Å². The molecule has 9 heteroatoms. The van der Waals surface area contributed by atoms with Gasteiger partial charge in [0.05, 0.1) is 23.5 Å². The molecule has 0 unspecified atom stereocenters. The normalized spacial score (nSPS) is 10.6. The van der Waals surface area contributed by atoms with E-state index in [2.05, 4.69) is 9.72 Å². The van der Waals surface area contributed by atoms with Crippen molar-refractivity contribution in [3.05, 3.63) is 33.4 Å². The van der Waals surface area contributed by atoms with Crippen LogP contribution in [0.25, 0.3) is 0 Å². The van der Waals surface area contributed by atoms with E-state index in [1.165, 1.54) is 6.92 Å². The van der Waals surface area contributed by atoms with Crippen LogP contribution < -0.4 is 0 Å². The Kier molecular flexibility index (Phi) is 4.79. The van der Waals surface area contributed by atoms with Crippen LogP contribution in [0.2, 0.25) is 0 Å².